The van der Waals surface area contributed by atoms with Gasteiger partial charge in [0.2, 0.25) is 0 Å². The van der Waals surface area contributed by atoms with Crippen molar-refractivity contribution in [2.75, 3.05) is 0 Å². The van der Waals surface area contributed by atoms with Crippen LogP contribution >= 0.6 is 34.8 Å². The fourth-order valence-electron chi connectivity index (χ4n) is 1.73. The van der Waals surface area contributed by atoms with Crippen LogP contribution in [0.15, 0.2) is 36.4 Å². The Kier molecular flexibility index (Phi) is 4.69. The van der Waals surface area contributed by atoms with Crippen molar-refractivity contribution in [3.63, 3.8) is 0 Å². The Labute approximate surface area is 125 Å². The Bertz CT molecular complexity index is 601. The molecule has 1 unspecified atom stereocenters. The Balaban J connectivity index is 2.17. The van der Waals surface area contributed by atoms with E-state index >= 15 is 0 Å². The van der Waals surface area contributed by atoms with E-state index in [-0.39, 0.29) is 11.4 Å². The van der Waals surface area contributed by atoms with Crippen LogP contribution in [0.3, 0.4) is 0 Å². The molecule has 1 atom stereocenters. The number of aliphatic hydroxyl groups is 1. The molecule has 0 heterocycles. The number of rotatable bonds is 3. The highest BCUT2D eigenvalue weighted by Gasteiger charge is 2.11. The summed E-state index contributed by atoms with van der Waals surface area (Å²) in [6, 6.07) is 9.35. The van der Waals surface area contributed by atoms with Crippen LogP contribution in [0.4, 0.5) is 4.39 Å². The lowest BCUT2D eigenvalue weighted by Gasteiger charge is -2.12. The number of hydrogen-bond donors (Lipinski definition) is 1. The molecule has 0 bridgehead atoms. The predicted octanol–water partition coefficient (Wildman–Crippen LogP) is 5.06. The van der Waals surface area contributed by atoms with Crippen LogP contribution in [0.5, 0.6) is 0 Å². The van der Waals surface area contributed by atoms with Crippen molar-refractivity contribution in [1.82, 2.24) is 0 Å². The lowest BCUT2D eigenvalue weighted by atomic mass is 10.0. The van der Waals surface area contributed by atoms with E-state index < -0.39 is 11.9 Å². The highest BCUT2D eigenvalue weighted by atomic mass is 35.5. The van der Waals surface area contributed by atoms with Crippen molar-refractivity contribution in [1.29, 1.82) is 0 Å². The average Bonchev–Trinajstić information content (AvgIpc) is 2.37. The molecule has 5 heteroatoms. The first-order chi connectivity index (χ1) is 8.97. The molecule has 0 aliphatic rings. The van der Waals surface area contributed by atoms with Crippen LogP contribution in [0.1, 0.15) is 17.2 Å². The molecule has 2 aromatic rings. The minimum absolute atomic E-state index is 0.0628. The molecule has 0 aromatic heterocycles. The van der Waals surface area contributed by atoms with Gasteiger partial charge in [0.15, 0.2) is 0 Å². The monoisotopic (exact) mass is 318 g/mol. The summed E-state index contributed by atoms with van der Waals surface area (Å²) < 4.78 is 13.3. The molecule has 0 fully saturated rings. The number of halogens is 4. The van der Waals surface area contributed by atoms with Gasteiger partial charge >= 0.3 is 0 Å². The molecular formula is C14H10Cl3FO. The minimum atomic E-state index is -0.782. The third-order valence-corrected chi connectivity index (χ3v) is 3.79. The number of benzene rings is 2. The van der Waals surface area contributed by atoms with Gasteiger partial charge in [0.1, 0.15) is 5.82 Å². The molecule has 19 heavy (non-hydrogen) atoms. The molecule has 0 radical (unpaired) electrons. The number of aliphatic hydroxyl groups excluding tert-OH is 1. The fraction of sp³-hybridized carbons (Fsp3) is 0.143. The predicted molar refractivity (Wildman–Crippen MR) is 76.5 cm³/mol. The summed E-state index contributed by atoms with van der Waals surface area (Å²) in [6.07, 6.45) is -0.512. The smallest absolute Gasteiger partial charge is 0.142 e. The number of hydrogen-bond acceptors (Lipinski definition) is 1. The lowest BCUT2D eigenvalue weighted by Crippen LogP contribution is -2.02. The zero-order chi connectivity index (χ0) is 14.0. The quantitative estimate of drug-likeness (QED) is 0.838. The van der Waals surface area contributed by atoms with E-state index in [9.17, 15) is 9.50 Å². The fourth-order valence-corrected chi connectivity index (χ4v) is 2.15. The highest BCUT2D eigenvalue weighted by Crippen LogP contribution is 2.27. The van der Waals surface area contributed by atoms with Gasteiger partial charge in [-0.2, -0.15) is 0 Å². The second-order valence-electron chi connectivity index (χ2n) is 4.14. The Morgan fingerprint density at radius 1 is 0.947 bits per heavy atom. The maximum absolute atomic E-state index is 13.3. The van der Waals surface area contributed by atoms with E-state index in [1.54, 1.807) is 24.3 Å². The molecule has 1 nitrogen and oxygen atoms in total. The Hall–Kier alpha value is -0.800. The second-order valence-corrected chi connectivity index (χ2v) is 5.36. The zero-order valence-electron chi connectivity index (χ0n) is 9.71. The van der Waals surface area contributed by atoms with Crippen LogP contribution in [0, 0.1) is 5.82 Å². The lowest BCUT2D eigenvalue weighted by molar-refractivity contribution is 0.178. The summed E-state index contributed by atoms with van der Waals surface area (Å²) in [7, 11) is 0. The van der Waals surface area contributed by atoms with Crippen LogP contribution in [-0.4, -0.2) is 5.11 Å². The molecule has 0 amide bonds. The molecule has 0 saturated heterocycles. The summed E-state index contributed by atoms with van der Waals surface area (Å²) in [4.78, 5) is 0. The van der Waals surface area contributed by atoms with Crippen molar-refractivity contribution < 1.29 is 9.50 Å². The maximum atomic E-state index is 13.3. The van der Waals surface area contributed by atoms with Crippen molar-refractivity contribution in [2.24, 2.45) is 0 Å². The van der Waals surface area contributed by atoms with Crippen LogP contribution in [-0.2, 0) is 6.42 Å². The molecule has 0 saturated carbocycles. The SMILES string of the molecule is OC(Cc1ccc(Cl)c(F)c1)c1ccc(Cl)c(Cl)c1. The molecular weight excluding hydrogens is 310 g/mol. The molecule has 0 aliphatic heterocycles. The van der Waals surface area contributed by atoms with Crippen LogP contribution in [0.25, 0.3) is 0 Å². The van der Waals surface area contributed by atoms with Crippen LogP contribution < -0.4 is 0 Å². The first-order valence-corrected chi connectivity index (χ1v) is 6.67. The van der Waals surface area contributed by atoms with E-state index in [0.717, 1.165) is 0 Å². The average molecular weight is 320 g/mol. The maximum Gasteiger partial charge on any atom is 0.142 e. The Morgan fingerprint density at radius 3 is 2.26 bits per heavy atom. The van der Waals surface area contributed by atoms with Crippen molar-refractivity contribution in [3.8, 4) is 0 Å². The standard InChI is InChI=1S/C14H10Cl3FO/c15-10-4-2-9(7-12(10)17)14(19)6-8-1-3-11(16)13(18)5-8/h1-5,7,14,19H,6H2. The Morgan fingerprint density at radius 2 is 1.63 bits per heavy atom. The molecule has 0 spiro atoms. The summed E-state index contributed by atoms with van der Waals surface area (Å²) in [5.74, 6) is -0.500. The van der Waals surface area contributed by atoms with Gasteiger partial charge in [-0.05, 0) is 35.4 Å². The summed E-state index contributed by atoms with van der Waals surface area (Å²) in [5.41, 5.74) is 1.28. The van der Waals surface area contributed by atoms with Gasteiger partial charge in [-0.3, -0.25) is 0 Å². The van der Waals surface area contributed by atoms with E-state index in [4.69, 9.17) is 34.8 Å². The van der Waals surface area contributed by atoms with Gasteiger partial charge in [0.25, 0.3) is 0 Å². The first kappa shape index (κ1) is 14.6. The van der Waals surface area contributed by atoms with Gasteiger partial charge in [-0.1, -0.05) is 46.9 Å². The molecule has 1 N–H and O–H groups in total. The van der Waals surface area contributed by atoms with Crippen molar-refractivity contribution in [2.45, 2.75) is 12.5 Å². The molecule has 0 aliphatic carbocycles. The first-order valence-electron chi connectivity index (χ1n) is 5.54. The zero-order valence-corrected chi connectivity index (χ0v) is 12.0. The summed E-state index contributed by atoms with van der Waals surface area (Å²) >= 11 is 17.3. The second kappa shape index (κ2) is 6.10. The molecule has 2 aromatic carbocycles. The highest BCUT2D eigenvalue weighted by molar-refractivity contribution is 6.42. The van der Waals surface area contributed by atoms with Crippen molar-refractivity contribution in [3.05, 3.63) is 68.4 Å². The molecule has 2 rings (SSSR count). The third kappa shape index (κ3) is 3.61. The third-order valence-electron chi connectivity index (χ3n) is 2.74. The summed E-state index contributed by atoms with van der Waals surface area (Å²) in [5, 5.41) is 11.0. The van der Waals surface area contributed by atoms with E-state index in [1.165, 1.54) is 12.1 Å². The summed E-state index contributed by atoms with van der Waals surface area (Å²) in [6.45, 7) is 0. The van der Waals surface area contributed by atoms with Crippen LogP contribution in [0.2, 0.25) is 15.1 Å². The van der Waals surface area contributed by atoms with Gasteiger partial charge in [-0.25, -0.2) is 4.39 Å². The minimum Gasteiger partial charge on any atom is -0.388 e. The van der Waals surface area contributed by atoms with Gasteiger partial charge in [0.05, 0.1) is 21.2 Å². The topological polar surface area (TPSA) is 20.2 Å². The van der Waals surface area contributed by atoms with Gasteiger partial charge < -0.3 is 5.11 Å². The van der Waals surface area contributed by atoms with E-state index in [1.807, 2.05) is 0 Å². The largest absolute Gasteiger partial charge is 0.388 e. The van der Waals surface area contributed by atoms with E-state index in [2.05, 4.69) is 0 Å². The normalized spacial score (nSPS) is 12.5. The van der Waals surface area contributed by atoms with Crippen molar-refractivity contribution >= 4 is 34.8 Å². The van der Waals surface area contributed by atoms with E-state index in [0.29, 0.717) is 21.2 Å². The van der Waals surface area contributed by atoms with Gasteiger partial charge in [-0.15, -0.1) is 0 Å². The molecule has 100 valence electrons. The van der Waals surface area contributed by atoms with Gasteiger partial charge in [0, 0.05) is 6.42 Å².